The summed E-state index contributed by atoms with van der Waals surface area (Å²) in [5.74, 6) is -0.169. The summed E-state index contributed by atoms with van der Waals surface area (Å²) in [5, 5.41) is 3.36. The van der Waals surface area contributed by atoms with Crippen molar-refractivity contribution in [3.05, 3.63) is 56.5 Å². The van der Waals surface area contributed by atoms with Gasteiger partial charge in [-0.1, -0.05) is 17.7 Å². The van der Waals surface area contributed by atoms with E-state index in [1.54, 1.807) is 17.4 Å². The fourth-order valence-electron chi connectivity index (χ4n) is 1.82. The van der Waals surface area contributed by atoms with Crippen molar-refractivity contribution in [2.24, 2.45) is 0 Å². The summed E-state index contributed by atoms with van der Waals surface area (Å²) < 4.78 is 13.8. The molecule has 4 heteroatoms. The zero-order chi connectivity index (χ0) is 13.0. The summed E-state index contributed by atoms with van der Waals surface area (Å²) in [4.78, 5) is 1.23. The number of rotatable bonds is 5. The minimum atomic E-state index is -0.169. The molecule has 0 aliphatic rings. The molecule has 1 N–H and O–H groups in total. The van der Waals surface area contributed by atoms with Gasteiger partial charge in [-0.3, -0.25) is 0 Å². The van der Waals surface area contributed by atoms with Gasteiger partial charge in [-0.05, 0) is 55.3 Å². The predicted molar refractivity (Wildman–Crippen MR) is 75.9 cm³/mol. The number of aryl methyl sites for hydroxylation is 1. The minimum Gasteiger partial charge on any atom is -0.312 e. The lowest BCUT2D eigenvalue weighted by Crippen LogP contribution is -2.16. The summed E-state index contributed by atoms with van der Waals surface area (Å²) in [5.41, 5.74) is 2.20. The maximum atomic E-state index is 12.9. The van der Waals surface area contributed by atoms with Gasteiger partial charge in [0.15, 0.2) is 0 Å². The Bertz CT molecular complexity index is 524. The van der Waals surface area contributed by atoms with Crippen LogP contribution in [0.15, 0.2) is 30.3 Å². The second kappa shape index (κ2) is 6.32. The van der Waals surface area contributed by atoms with Crippen LogP contribution in [0.3, 0.4) is 0 Å². The van der Waals surface area contributed by atoms with Crippen LogP contribution in [0.25, 0.3) is 0 Å². The van der Waals surface area contributed by atoms with E-state index in [2.05, 4.69) is 5.32 Å². The van der Waals surface area contributed by atoms with E-state index in [-0.39, 0.29) is 5.82 Å². The average Bonchev–Trinajstić information content (AvgIpc) is 2.73. The molecule has 1 aromatic heterocycles. The van der Waals surface area contributed by atoms with Gasteiger partial charge in [0.05, 0.1) is 4.34 Å². The van der Waals surface area contributed by atoms with E-state index in [4.69, 9.17) is 11.6 Å². The minimum absolute atomic E-state index is 0.169. The van der Waals surface area contributed by atoms with Crippen LogP contribution in [0.5, 0.6) is 0 Å². The van der Waals surface area contributed by atoms with Crippen LogP contribution < -0.4 is 5.32 Å². The standard InChI is InChI=1S/C14H15ClFNS/c1-10-8-12(16)3-2-11(10)6-7-17-9-13-4-5-14(15)18-13/h2-5,8,17H,6-7,9H2,1H3. The molecule has 0 saturated carbocycles. The summed E-state index contributed by atoms with van der Waals surface area (Å²) in [6.45, 7) is 3.65. The number of hydrogen-bond acceptors (Lipinski definition) is 2. The van der Waals surface area contributed by atoms with Crippen molar-refractivity contribution in [3.63, 3.8) is 0 Å². The van der Waals surface area contributed by atoms with E-state index in [0.29, 0.717) is 0 Å². The van der Waals surface area contributed by atoms with Crippen LogP contribution in [0, 0.1) is 12.7 Å². The van der Waals surface area contributed by atoms with Crippen LogP contribution >= 0.6 is 22.9 Å². The van der Waals surface area contributed by atoms with Crippen LogP contribution in [0.4, 0.5) is 4.39 Å². The highest BCUT2D eigenvalue weighted by molar-refractivity contribution is 7.16. The summed E-state index contributed by atoms with van der Waals surface area (Å²) >= 11 is 7.45. The third kappa shape index (κ3) is 3.80. The highest BCUT2D eigenvalue weighted by Crippen LogP contribution is 2.21. The number of benzene rings is 1. The lowest BCUT2D eigenvalue weighted by Gasteiger charge is -2.06. The number of halogens is 2. The molecule has 18 heavy (non-hydrogen) atoms. The monoisotopic (exact) mass is 283 g/mol. The fourth-order valence-corrected chi connectivity index (χ4v) is 2.88. The Morgan fingerprint density at radius 2 is 2.11 bits per heavy atom. The van der Waals surface area contributed by atoms with E-state index < -0.39 is 0 Å². The molecule has 1 aromatic carbocycles. The summed E-state index contributed by atoms with van der Waals surface area (Å²) in [6, 6.07) is 8.89. The highest BCUT2D eigenvalue weighted by Gasteiger charge is 2.01. The second-order valence-corrected chi connectivity index (χ2v) is 6.00. The van der Waals surface area contributed by atoms with E-state index >= 15 is 0 Å². The van der Waals surface area contributed by atoms with E-state index in [1.807, 2.05) is 25.1 Å². The lowest BCUT2D eigenvalue weighted by molar-refractivity contribution is 0.624. The van der Waals surface area contributed by atoms with Crippen LogP contribution in [0.1, 0.15) is 16.0 Å². The highest BCUT2D eigenvalue weighted by atomic mass is 35.5. The van der Waals surface area contributed by atoms with Gasteiger partial charge in [-0.15, -0.1) is 11.3 Å². The van der Waals surface area contributed by atoms with Crippen molar-refractivity contribution in [1.29, 1.82) is 0 Å². The molecule has 0 unspecified atom stereocenters. The predicted octanol–water partition coefficient (Wildman–Crippen LogP) is 4.18. The first-order valence-electron chi connectivity index (χ1n) is 5.85. The van der Waals surface area contributed by atoms with Gasteiger partial charge in [0, 0.05) is 11.4 Å². The van der Waals surface area contributed by atoms with Crippen LogP contribution in [-0.4, -0.2) is 6.54 Å². The maximum Gasteiger partial charge on any atom is 0.123 e. The van der Waals surface area contributed by atoms with Crippen LogP contribution in [0.2, 0.25) is 4.34 Å². The number of thiophene rings is 1. The zero-order valence-corrected chi connectivity index (χ0v) is 11.7. The van der Waals surface area contributed by atoms with Crippen molar-refractivity contribution in [2.75, 3.05) is 6.54 Å². The molecule has 0 fully saturated rings. The van der Waals surface area contributed by atoms with Crippen molar-refractivity contribution in [1.82, 2.24) is 5.32 Å². The SMILES string of the molecule is Cc1cc(F)ccc1CCNCc1ccc(Cl)s1. The Labute approximate surface area is 116 Å². The molecule has 2 aromatic rings. The Morgan fingerprint density at radius 3 is 2.78 bits per heavy atom. The number of hydrogen-bond donors (Lipinski definition) is 1. The molecule has 0 spiro atoms. The topological polar surface area (TPSA) is 12.0 Å². The molecule has 0 aliphatic carbocycles. The lowest BCUT2D eigenvalue weighted by atomic mass is 10.1. The second-order valence-electron chi connectivity index (χ2n) is 4.20. The molecule has 1 heterocycles. The largest absolute Gasteiger partial charge is 0.312 e. The van der Waals surface area contributed by atoms with E-state index in [9.17, 15) is 4.39 Å². The van der Waals surface area contributed by atoms with Crippen molar-refractivity contribution >= 4 is 22.9 Å². The van der Waals surface area contributed by atoms with Gasteiger partial charge in [-0.25, -0.2) is 4.39 Å². The maximum absolute atomic E-state index is 12.9. The zero-order valence-electron chi connectivity index (χ0n) is 10.2. The summed E-state index contributed by atoms with van der Waals surface area (Å²) in [6.07, 6.45) is 0.908. The first-order chi connectivity index (χ1) is 8.65. The summed E-state index contributed by atoms with van der Waals surface area (Å²) in [7, 11) is 0. The fraction of sp³-hybridized carbons (Fsp3) is 0.286. The molecule has 0 amide bonds. The van der Waals surface area contributed by atoms with Gasteiger partial charge in [0.25, 0.3) is 0 Å². The first-order valence-corrected chi connectivity index (χ1v) is 7.04. The average molecular weight is 284 g/mol. The molecular formula is C14H15ClFNS. The van der Waals surface area contributed by atoms with Gasteiger partial charge >= 0.3 is 0 Å². The van der Waals surface area contributed by atoms with Gasteiger partial charge in [0.1, 0.15) is 5.82 Å². The molecule has 0 aliphatic heterocycles. The molecule has 1 nitrogen and oxygen atoms in total. The van der Waals surface area contributed by atoms with E-state index in [0.717, 1.165) is 29.4 Å². The Balaban J connectivity index is 1.78. The van der Waals surface area contributed by atoms with Gasteiger partial charge in [-0.2, -0.15) is 0 Å². The molecular weight excluding hydrogens is 269 g/mol. The van der Waals surface area contributed by atoms with Crippen molar-refractivity contribution < 1.29 is 4.39 Å². The van der Waals surface area contributed by atoms with Gasteiger partial charge in [0.2, 0.25) is 0 Å². The van der Waals surface area contributed by atoms with Crippen LogP contribution in [-0.2, 0) is 13.0 Å². The Hall–Kier alpha value is -0.900. The molecule has 0 bridgehead atoms. The quantitative estimate of drug-likeness (QED) is 0.812. The molecule has 2 rings (SSSR count). The van der Waals surface area contributed by atoms with Crippen molar-refractivity contribution in [3.8, 4) is 0 Å². The Morgan fingerprint density at radius 1 is 1.28 bits per heavy atom. The normalized spacial score (nSPS) is 10.8. The number of nitrogens with one attached hydrogen (secondary N) is 1. The smallest absolute Gasteiger partial charge is 0.123 e. The first kappa shape index (κ1) is 13.5. The molecule has 96 valence electrons. The Kier molecular flexibility index (Phi) is 4.75. The third-order valence-electron chi connectivity index (χ3n) is 2.80. The molecule has 0 atom stereocenters. The molecule has 0 radical (unpaired) electrons. The third-order valence-corrected chi connectivity index (χ3v) is 4.03. The van der Waals surface area contributed by atoms with Crippen molar-refractivity contribution in [2.45, 2.75) is 19.9 Å². The van der Waals surface area contributed by atoms with Gasteiger partial charge < -0.3 is 5.32 Å². The molecule has 0 saturated heterocycles. The van der Waals surface area contributed by atoms with E-state index in [1.165, 1.54) is 16.5 Å².